The lowest BCUT2D eigenvalue weighted by Crippen LogP contribution is -1.93. The Morgan fingerprint density at radius 3 is 2.25 bits per heavy atom. The molecule has 0 unspecified atom stereocenters. The van der Waals surface area contributed by atoms with Crippen molar-refractivity contribution in [2.24, 2.45) is 0 Å². The summed E-state index contributed by atoms with van der Waals surface area (Å²) in [6.07, 6.45) is 13.5. The first-order valence-electron chi connectivity index (χ1n) is 6.30. The first-order valence-corrected chi connectivity index (χ1v) is 6.67. The van der Waals surface area contributed by atoms with Crippen molar-refractivity contribution in [1.29, 1.82) is 0 Å². The Bertz CT molecular complexity index is 289. The van der Waals surface area contributed by atoms with Gasteiger partial charge in [0.25, 0.3) is 0 Å². The van der Waals surface area contributed by atoms with E-state index in [4.69, 9.17) is 11.6 Å². The van der Waals surface area contributed by atoms with Crippen LogP contribution in [0.4, 0.5) is 0 Å². The number of aryl methyl sites for hydroxylation is 1. The second-order valence-electron chi connectivity index (χ2n) is 4.17. The van der Waals surface area contributed by atoms with Crippen LogP contribution in [0.2, 0.25) is 5.15 Å². The average molecular weight is 241 g/mol. The zero-order valence-corrected chi connectivity index (χ0v) is 10.8. The first kappa shape index (κ1) is 13.4. The Morgan fingerprint density at radius 2 is 1.56 bits per heavy atom. The first-order chi connectivity index (χ1) is 7.84. The minimum absolute atomic E-state index is 0.563. The molecule has 2 nitrogen and oxygen atoms in total. The molecular formula is C13H21ClN2. The zero-order chi connectivity index (χ0) is 11.6. The molecule has 1 rings (SSSR count). The molecule has 0 fully saturated rings. The minimum Gasteiger partial charge on any atom is -0.256 e. The largest absolute Gasteiger partial charge is 0.256 e. The second-order valence-corrected chi connectivity index (χ2v) is 4.52. The highest BCUT2D eigenvalue weighted by Gasteiger charge is 2.01. The van der Waals surface area contributed by atoms with Gasteiger partial charge in [-0.1, -0.05) is 57.0 Å². The van der Waals surface area contributed by atoms with E-state index in [0.717, 1.165) is 12.1 Å². The van der Waals surface area contributed by atoms with Gasteiger partial charge in [-0.15, -0.1) is 0 Å². The third-order valence-electron chi connectivity index (χ3n) is 2.74. The van der Waals surface area contributed by atoms with E-state index in [-0.39, 0.29) is 0 Å². The number of rotatable bonds is 8. The molecule has 3 heteroatoms. The van der Waals surface area contributed by atoms with Crippen molar-refractivity contribution < 1.29 is 0 Å². The molecule has 0 amide bonds. The van der Waals surface area contributed by atoms with Crippen LogP contribution >= 0.6 is 11.6 Å². The maximum Gasteiger partial charge on any atom is 0.150 e. The fourth-order valence-electron chi connectivity index (χ4n) is 1.77. The Morgan fingerprint density at radius 1 is 0.938 bits per heavy atom. The third kappa shape index (κ3) is 5.45. The van der Waals surface area contributed by atoms with Crippen molar-refractivity contribution in [2.75, 3.05) is 0 Å². The van der Waals surface area contributed by atoms with Crippen LogP contribution in [0.25, 0.3) is 0 Å². The summed E-state index contributed by atoms with van der Waals surface area (Å²) in [6, 6.07) is 0. The number of unbranched alkanes of at least 4 members (excludes halogenated alkanes) is 6. The number of hydrogen-bond acceptors (Lipinski definition) is 2. The zero-order valence-electron chi connectivity index (χ0n) is 10.1. The summed E-state index contributed by atoms with van der Waals surface area (Å²) < 4.78 is 0. The molecule has 16 heavy (non-hydrogen) atoms. The van der Waals surface area contributed by atoms with Crippen LogP contribution in [0.15, 0.2) is 12.4 Å². The van der Waals surface area contributed by atoms with Gasteiger partial charge in [0.05, 0.1) is 5.69 Å². The van der Waals surface area contributed by atoms with E-state index in [1.54, 1.807) is 12.4 Å². The van der Waals surface area contributed by atoms with E-state index in [9.17, 15) is 0 Å². The molecule has 0 saturated carbocycles. The van der Waals surface area contributed by atoms with Crippen molar-refractivity contribution in [3.05, 3.63) is 23.2 Å². The Labute approximate surface area is 103 Å². The van der Waals surface area contributed by atoms with Gasteiger partial charge in [0.2, 0.25) is 0 Å². The maximum absolute atomic E-state index is 5.93. The van der Waals surface area contributed by atoms with Gasteiger partial charge in [-0.05, 0) is 12.8 Å². The standard InChI is InChI=1S/C13H21ClN2/c1-2-3-4-5-6-7-8-9-12-13(14)16-11-10-15-12/h10-11H,2-9H2,1H3. The van der Waals surface area contributed by atoms with Crippen molar-refractivity contribution in [3.63, 3.8) is 0 Å². The Kier molecular flexibility index (Phi) is 7.15. The molecule has 0 radical (unpaired) electrons. The van der Waals surface area contributed by atoms with Crippen LogP contribution in [-0.2, 0) is 6.42 Å². The molecule has 0 spiro atoms. The van der Waals surface area contributed by atoms with E-state index in [1.165, 1.54) is 44.9 Å². The quantitative estimate of drug-likeness (QED) is 0.629. The highest BCUT2D eigenvalue weighted by Crippen LogP contribution is 2.13. The van der Waals surface area contributed by atoms with Crippen LogP contribution < -0.4 is 0 Å². The molecule has 0 N–H and O–H groups in total. The molecule has 90 valence electrons. The number of hydrogen-bond donors (Lipinski definition) is 0. The molecule has 0 aliphatic heterocycles. The van der Waals surface area contributed by atoms with Crippen molar-refractivity contribution in [1.82, 2.24) is 9.97 Å². The van der Waals surface area contributed by atoms with Crippen LogP contribution in [-0.4, -0.2) is 9.97 Å². The monoisotopic (exact) mass is 240 g/mol. The van der Waals surface area contributed by atoms with Gasteiger partial charge in [0.15, 0.2) is 0 Å². The summed E-state index contributed by atoms with van der Waals surface area (Å²) in [5, 5.41) is 0.563. The molecule has 0 saturated heterocycles. The molecule has 0 aromatic carbocycles. The fourth-order valence-corrected chi connectivity index (χ4v) is 1.97. The highest BCUT2D eigenvalue weighted by atomic mass is 35.5. The lowest BCUT2D eigenvalue weighted by molar-refractivity contribution is 0.587. The fraction of sp³-hybridized carbons (Fsp3) is 0.692. The minimum atomic E-state index is 0.563. The smallest absolute Gasteiger partial charge is 0.150 e. The SMILES string of the molecule is CCCCCCCCCc1nccnc1Cl. The van der Waals surface area contributed by atoms with Gasteiger partial charge in [-0.25, -0.2) is 4.98 Å². The summed E-state index contributed by atoms with van der Waals surface area (Å²) >= 11 is 5.93. The van der Waals surface area contributed by atoms with Crippen LogP contribution in [0.1, 0.15) is 57.6 Å². The van der Waals surface area contributed by atoms with Gasteiger partial charge in [-0.3, -0.25) is 4.98 Å². The van der Waals surface area contributed by atoms with E-state index < -0.39 is 0 Å². The number of nitrogens with zero attached hydrogens (tertiary/aromatic N) is 2. The van der Waals surface area contributed by atoms with Gasteiger partial charge < -0.3 is 0 Å². The van der Waals surface area contributed by atoms with Gasteiger partial charge in [0.1, 0.15) is 5.15 Å². The van der Waals surface area contributed by atoms with E-state index >= 15 is 0 Å². The summed E-state index contributed by atoms with van der Waals surface area (Å²) in [7, 11) is 0. The predicted molar refractivity (Wildman–Crippen MR) is 68.7 cm³/mol. The molecule has 0 atom stereocenters. The normalized spacial score (nSPS) is 10.6. The number of halogens is 1. The van der Waals surface area contributed by atoms with Crippen molar-refractivity contribution in [3.8, 4) is 0 Å². The molecule has 0 aliphatic rings. The maximum atomic E-state index is 5.93. The van der Waals surface area contributed by atoms with E-state index in [0.29, 0.717) is 5.15 Å². The van der Waals surface area contributed by atoms with E-state index in [2.05, 4.69) is 16.9 Å². The molecular weight excluding hydrogens is 220 g/mol. The summed E-state index contributed by atoms with van der Waals surface area (Å²) in [4.78, 5) is 8.25. The third-order valence-corrected chi connectivity index (χ3v) is 3.06. The Balaban J connectivity index is 2.05. The molecule has 0 aliphatic carbocycles. The highest BCUT2D eigenvalue weighted by molar-refractivity contribution is 6.29. The summed E-state index contributed by atoms with van der Waals surface area (Å²) in [5.74, 6) is 0. The molecule has 1 aromatic heterocycles. The summed E-state index contributed by atoms with van der Waals surface area (Å²) in [5.41, 5.74) is 0.942. The Hall–Kier alpha value is -0.630. The van der Waals surface area contributed by atoms with Crippen LogP contribution in [0, 0.1) is 0 Å². The second kappa shape index (κ2) is 8.51. The van der Waals surface area contributed by atoms with E-state index in [1.807, 2.05) is 0 Å². The number of aromatic nitrogens is 2. The van der Waals surface area contributed by atoms with Crippen LogP contribution in [0.5, 0.6) is 0 Å². The summed E-state index contributed by atoms with van der Waals surface area (Å²) in [6.45, 7) is 2.25. The van der Waals surface area contributed by atoms with Gasteiger partial charge >= 0.3 is 0 Å². The molecule has 1 heterocycles. The molecule has 1 aromatic rings. The lowest BCUT2D eigenvalue weighted by atomic mass is 10.1. The van der Waals surface area contributed by atoms with Crippen molar-refractivity contribution in [2.45, 2.75) is 58.3 Å². The van der Waals surface area contributed by atoms with Crippen LogP contribution in [0.3, 0.4) is 0 Å². The predicted octanol–water partition coefficient (Wildman–Crippen LogP) is 4.42. The van der Waals surface area contributed by atoms with Gasteiger partial charge in [-0.2, -0.15) is 0 Å². The van der Waals surface area contributed by atoms with Crippen molar-refractivity contribution >= 4 is 11.6 Å². The topological polar surface area (TPSA) is 25.8 Å². The molecule has 0 bridgehead atoms. The average Bonchev–Trinajstić information content (AvgIpc) is 2.30. The lowest BCUT2D eigenvalue weighted by Gasteiger charge is -2.02. The van der Waals surface area contributed by atoms with Gasteiger partial charge in [0, 0.05) is 12.4 Å².